The molecule has 1 aromatic carbocycles. The number of thiophene rings is 1. The summed E-state index contributed by atoms with van der Waals surface area (Å²) in [5, 5.41) is 3.75. The van der Waals surface area contributed by atoms with Gasteiger partial charge in [0.2, 0.25) is 0 Å². The number of hydrogen-bond donors (Lipinski definition) is 0. The molecule has 1 aromatic heterocycles. The molecule has 1 heterocycles. The molecule has 0 unspecified atom stereocenters. The first-order chi connectivity index (χ1) is 6.59. The molecule has 0 saturated carbocycles. The fourth-order valence-corrected chi connectivity index (χ4v) is 2.77. The third kappa shape index (κ3) is 1.45. The Bertz CT molecular complexity index is 513. The van der Waals surface area contributed by atoms with Crippen molar-refractivity contribution in [1.82, 2.24) is 0 Å². The van der Waals surface area contributed by atoms with Crippen LogP contribution in [0.4, 0.5) is 0 Å². The van der Waals surface area contributed by atoms with Gasteiger partial charge in [-0.25, -0.2) is 0 Å². The second-order valence-electron chi connectivity index (χ2n) is 3.30. The van der Waals surface area contributed by atoms with Gasteiger partial charge in [0.15, 0.2) is 5.78 Å². The first kappa shape index (κ1) is 9.69. The number of Topliss-reactive ketones (excluding diaryl/α,β-unsaturated/α-hetero) is 1. The van der Waals surface area contributed by atoms with Gasteiger partial charge in [-0.3, -0.25) is 4.79 Å². The highest BCUT2D eigenvalue weighted by molar-refractivity contribution is 7.17. The van der Waals surface area contributed by atoms with Crippen LogP contribution in [0.5, 0.6) is 0 Å². The molecular weight excluding hydrogens is 216 g/mol. The summed E-state index contributed by atoms with van der Waals surface area (Å²) < 4.78 is 1.14. The van der Waals surface area contributed by atoms with E-state index in [9.17, 15) is 4.79 Å². The molecule has 0 fully saturated rings. The Hall–Kier alpha value is -0.860. The Morgan fingerprint density at radius 1 is 1.43 bits per heavy atom. The maximum Gasteiger partial charge on any atom is 0.161 e. The van der Waals surface area contributed by atoms with Crippen molar-refractivity contribution in [2.75, 3.05) is 0 Å². The van der Waals surface area contributed by atoms with Gasteiger partial charge in [-0.05, 0) is 42.3 Å². The summed E-state index contributed by atoms with van der Waals surface area (Å²) in [4.78, 5) is 11.3. The number of carbonyl (C=O) groups excluding carboxylic acids is 1. The number of aryl methyl sites for hydroxylation is 1. The smallest absolute Gasteiger partial charge is 0.161 e. The van der Waals surface area contributed by atoms with Crippen molar-refractivity contribution in [2.24, 2.45) is 0 Å². The highest BCUT2D eigenvalue weighted by Crippen LogP contribution is 2.30. The molecule has 0 N–H and O–H groups in total. The van der Waals surface area contributed by atoms with Gasteiger partial charge in [0.05, 0.1) is 5.02 Å². The highest BCUT2D eigenvalue weighted by atomic mass is 35.5. The number of halogens is 1. The zero-order valence-electron chi connectivity index (χ0n) is 7.93. The molecule has 0 bridgehead atoms. The van der Waals surface area contributed by atoms with E-state index in [0.717, 1.165) is 10.1 Å². The van der Waals surface area contributed by atoms with Crippen LogP contribution in [0.25, 0.3) is 10.1 Å². The Balaban J connectivity index is 2.80. The fraction of sp³-hybridized carbons (Fsp3) is 0.182. The van der Waals surface area contributed by atoms with Gasteiger partial charge in [0.1, 0.15) is 0 Å². The van der Waals surface area contributed by atoms with Crippen molar-refractivity contribution in [3.63, 3.8) is 0 Å². The standard InChI is InChI=1S/C11H9ClOS/c1-6-5-14-11-4-10(12)9(7(2)13)3-8(6)11/h3-5H,1-2H3. The van der Waals surface area contributed by atoms with Crippen molar-refractivity contribution < 1.29 is 4.79 Å². The fourth-order valence-electron chi connectivity index (χ4n) is 1.45. The van der Waals surface area contributed by atoms with Crippen LogP contribution in [0, 0.1) is 6.92 Å². The third-order valence-electron chi connectivity index (χ3n) is 2.24. The minimum absolute atomic E-state index is 0.0162. The Morgan fingerprint density at radius 2 is 2.14 bits per heavy atom. The van der Waals surface area contributed by atoms with Gasteiger partial charge in [-0.15, -0.1) is 11.3 Å². The number of fused-ring (bicyclic) bond motifs is 1. The Morgan fingerprint density at radius 3 is 2.79 bits per heavy atom. The molecule has 1 nitrogen and oxygen atoms in total. The molecule has 0 saturated heterocycles. The van der Waals surface area contributed by atoms with E-state index in [1.165, 1.54) is 12.5 Å². The predicted octanol–water partition coefficient (Wildman–Crippen LogP) is 4.07. The lowest BCUT2D eigenvalue weighted by Gasteiger charge is -2.00. The molecule has 0 aliphatic heterocycles. The lowest BCUT2D eigenvalue weighted by atomic mass is 10.1. The van der Waals surface area contributed by atoms with Gasteiger partial charge in [-0.1, -0.05) is 11.6 Å². The number of rotatable bonds is 1. The summed E-state index contributed by atoms with van der Waals surface area (Å²) >= 11 is 7.65. The third-order valence-corrected chi connectivity index (χ3v) is 3.61. The van der Waals surface area contributed by atoms with Crippen LogP contribution >= 0.6 is 22.9 Å². The van der Waals surface area contributed by atoms with E-state index in [-0.39, 0.29) is 5.78 Å². The van der Waals surface area contributed by atoms with Crippen molar-refractivity contribution in [3.8, 4) is 0 Å². The minimum atomic E-state index is 0.0162. The molecule has 3 heteroatoms. The minimum Gasteiger partial charge on any atom is -0.294 e. The molecule has 0 radical (unpaired) electrons. The zero-order chi connectivity index (χ0) is 10.3. The van der Waals surface area contributed by atoms with Crippen LogP contribution in [0.3, 0.4) is 0 Å². The maximum atomic E-state index is 11.3. The number of benzene rings is 1. The summed E-state index contributed by atoms with van der Waals surface area (Å²) in [6.07, 6.45) is 0. The van der Waals surface area contributed by atoms with Crippen LogP contribution in [0.1, 0.15) is 22.8 Å². The zero-order valence-corrected chi connectivity index (χ0v) is 9.50. The SMILES string of the molecule is CC(=O)c1cc2c(C)csc2cc1Cl. The molecule has 2 rings (SSSR count). The molecule has 0 amide bonds. The quantitative estimate of drug-likeness (QED) is 0.668. The second kappa shape index (κ2) is 3.37. The van der Waals surface area contributed by atoms with Gasteiger partial charge in [-0.2, -0.15) is 0 Å². The lowest BCUT2D eigenvalue weighted by Crippen LogP contribution is -1.92. The predicted molar refractivity (Wildman–Crippen MR) is 61.6 cm³/mol. The first-order valence-electron chi connectivity index (χ1n) is 4.28. The van der Waals surface area contributed by atoms with Crippen LogP contribution in [0.2, 0.25) is 5.02 Å². The summed E-state index contributed by atoms with van der Waals surface area (Å²) in [6.45, 7) is 3.57. The van der Waals surface area contributed by atoms with E-state index in [1.54, 1.807) is 11.3 Å². The van der Waals surface area contributed by atoms with Crippen LogP contribution in [-0.4, -0.2) is 5.78 Å². The van der Waals surface area contributed by atoms with Crippen LogP contribution in [-0.2, 0) is 0 Å². The second-order valence-corrected chi connectivity index (χ2v) is 4.62. The van der Waals surface area contributed by atoms with E-state index in [2.05, 4.69) is 5.38 Å². The van der Waals surface area contributed by atoms with Crippen molar-refractivity contribution in [2.45, 2.75) is 13.8 Å². The molecule has 0 spiro atoms. The van der Waals surface area contributed by atoms with Gasteiger partial charge in [0, 0.05) is 10.3 Å². The van der Waals surface area contributed by atoms with Crippen molar-refractivity contribution in [1.29, 1.82) is 0 Å². The number of hydrogen-bond acceptors (Lipinski definition) is 2. The number of ketones is 1. The average Bonchev–Trinajstić information content (AvgIpc) is 2.46. The van der Waals surface area contributed by atoms with E-state index >= 15 is 0 Å². The Kier molecular flexibility index (Phi) is 2.33. The van der Waals surface area contributed by atoms with E-state index in [1.807, 2.05) is 19.1 Å². The van der Waals surface area contributed by atoms with Crippen molar-refractivity contribution >= 4 is 38.8 Å². The van der Waals surface area contributed by atoms with Gasteiger partial charge >= 0.3 is 0 Å². The topological polar surface area (TPSA) is 17.1 Å². The van der Waals surface area contributed by atoms with Crippen LogP contribution < -0.4 is 0 Å². The van der Waals surface area contributed by atoms with Gasteiger partial charge in [0.25, 0.3) is 0 Å². The first-order valence-corrected chi connectivity index (χ1v) is 5.53. The van der Waals surface area contributed by atoms with E-state index < -0.39 is 0 Å². The molecule has 72 valence electrons. The highest BCUT2D eigenvalue weighted by Gasteiger charge is 2.09. The lowest BCUT2D eigenvalue weighted by molar-refractivity contribution is 0.101. The largest absolute Gasteiger partial charge is 0.294 e. The van der Waals surface area contributed by atoms with Gasteiger partial charge < -0.3 is 0 Å². The van der Waals surface area contributed by atoms with Crippen molar-refractivity contribution in [3.05, 3.63) is 33.7 Å². The molecule has 2 aromatic rings. The molecular formula is C11H9ClOS. The molecule has 0 aliphatic carbocycles. The Labute approximate surface area is 91.3 Å². The van der Waals surface area contributed by atoms with E-state index in [4.69, 9.17) is 11.6 Å². The molecule has 0 aliphatic rings. The average molecular weight is 225 g/mol. The monoisotopic (exact) mass is 224 g/mol. The molecule has 0 atom stereocenters. The normalized spacial score (nSPS) is 10.8. The van der Waals surface area contributed by atoms with Crippen LogP contribution in [0.15, 0.2) is 17.5 Å². The summed E-state index contributed by atoms with van der Waals surface area (Å²) in [5.74, 6) is 0.0162. The number of carbonyl (C=O) groups is 1. The molecule has 14 heavy (non-hydrogen) atoms. The van der Waals surface area contributed by atoms with E-state index in [0.29, 0.717) is 10.6 Å². The summed E-state index contributed by atoms with van der Waals surface area (Å²) in [7, 11) is 0. The summed E-state index contributed by atoms with van der Waals surface area (Å²) in [5.41, 5.74) is 1.81. The summed E-state index contributed by atoms with van der Waals surface area (Å²) in [6, 6.07) is 3.75. The maximum absolute atomic E-state index is 11.3.